The third kappa shape index (κ3) is 16.2. The Kier molecular flexibility index (Phi) is 21.3. The highest BCUT2D eigenvalue weighted by molar-refractivity contribution is 5.57. The summed E-state index contributed by atoms with van der Waals surface area (Å²) in [6.45, 7) is 2.18. The number of rotatable bonds is 23. The van der Waals surface area contributed by atoms with Crippen LogP contribution in [0.15, 0.2) is 0 Å². The lowest BCUT2D eigenvalue weighted by Crippen LogP contribution is -2.54. The molecule has 0 fully saturated rings. The van der Waals surface area contributed by atoms with Crippen molar-refractivity contribution >= 4 is 6.29 Å². The van der Waals surface area contributed by atoms with Gasteiger partial charge in [0.05, 0.1) is 12.6 Å². The molecule has 0 rings (SSSR count). The number of aliphatic hydroxyl groups excluding tert-OH is 4. The Morgan fingerprint density at radius 1 is 0.700 bits per heavy atom. The first-order valence-corrected chi connectivity index (χ1v) is 12.4. The highest BCUT2D eigenvalue weighted by Crippen LogP contribution is 2.13. The zero-order valence-electron chi connectivity index (χ0n) is 19.3. The lowest BCUT2D eigenvalue weighted by atomic mass is 10.0. The van der Waals surface area contributed by atoms with Crippen molar-refractivity contribution in [2.24, 2.45) is 0 Å². The Hall–Kier alpha value is -0.530. The van der Waals surface area contributed by atoms with E-state index in [1.54, 1.807) is 0 Å². The summed E-state index contributed by atoms with van der Waals surface area (Å²) in [5.41, 5.74) is 0. The van der Waals surface area contributed by atoms with Crippen LogP contribution >= 0.6 is 0 Å². The van der Waals surface area contributed by atoms with E-state index in [9.17, 15) is 20.1 Å². The number of aldehydes is 1. The van der Waals surface area contributed by atoms with Crippen LogP contribution in [0.3, 0.4) is 0 Å². The van der Waals surface area contributed by atoms with Crippen LogP contribution in [0.25, 0.3) is 0 Å². The minimum Gasteiger partial charge on any atom is -0.394 e. The summed E-state index contributed by atoms with van der Waals surface area (Å²) in [6, 6.07) is -0.971. The Morgan fingerprint density at radius 2 is 1.10 bits per heavy atom. The number of unbranched alkanes of at least 4 members (excludes halogenated alkanes) is 15. The first-order chi connectivity index (χ1) is 14.6. The summed E-state index contributed by atoms with van der Waals surface area (Å²) in [4.78, 5) is 10.8. The second-order valence-electron chi connectivity index (χ2n) is 8.65. The van der Waals surface area contributed by atoms with Crippen LogP contribution < -0.4 is 5.32 Å². The quantitative estimate of drug-likeness (QED) is 0.125. The summed E-state index contributed by atoms with van der Waals surface area (Å²) in [5, 5.41) is 41.0. The highest BCUT2D eigenvalue weighted by atomic mass is 16.4. The molecule has 0 unspecified atom stereocenters. The summed E-state index contributed by atoms with van der Waals surface area (Å²) < 4.78 is 0. The summed E-state index contributed by atoms with van der Waals surface area (Å²) in [5.74, 6) is 0. The molecule has 0 aromatic heterocycles. The van der Waals surface area contributed by atoms with Gasteiger partial charge in [-0.1, -0.05) is 103 Å². The van der Waals surface area contributed by atoms with Crippen LogP contribution in [0.4, 0.5) is 0 Å². The van der Waals surface area contributed by atoms with E-state index in [4.69, 9.17) is 5.11 Å². The van der Waals surface area contributed by atoms with Gasteiger partial charge in [-0.3, -0.25) is 0 Å². The average Bonchev–Trinajstić information content (AvgIpc) is 2.76. The van der Waals surface area contributed by atoms with E-state index in [1.165, 1.54) is 83.5 Å². The standard InChI is InChI=1S/C24H49NO5/c1-2-3-4-5-6-7-8-9-10-11-12-13-14-15-16-17-18-25-23(21(28)19-26)24(30)22(29)20-27/h19,21-25,27-30H,2-18,20H2,1H3/t21-,22+,23-,24+/m0/s1. The predicted molar refractivity (Wildman–Crippen MR) is 123 cm³/mol. The first kappa shape index (κ1) is 29.5. The monoisotopic (exact) mass is 431 g/mol. The molecule has 0 amide bonds. The van der Waals surface area contributed by atoms with Gasteiger partial charge < -0.3 is 30.5 Å². The van der Waals surface area contributed by atoms with Crippen molar-refractivity contribution in [2.75, 3.05) is 13.2 Å². The molecule has 6 heteroatoms. The fourth-order valence-electron chi connectivity index (χ4n) is 3.82. The molecule has 6 nitrogen and oxygen atoms in total. The summed E-state index contributed by atoms with van der Waals surface area (Å²) in [7, 11) is 0. The minimum absolute atomic E-state index is 0.332. The molecule has 0 heterocycles. The van der Waals surface area contributed by atoms with Crippen molar-refractivity contribution in [3.05, 3.63) is 0 Å². The van der Waals surface area contributed by atoms with Gasteiger partial charge in [0.2, 0.25) is 0 Å². The zero-order chi connectivity index (χ0) is 22.5. The molecule has 0 aromatic rings. The summed E-state index contributed by atoms with van der Waals surface area (Å²) >= 11 is 0. The molecule has 0 saturated carbocycles. The summed E-state index contributed by atoms with van der Waals surface area (Å²) in [6.07, 6.45) is 16.8. The van der Waals surface area contributed by atoms with Crippen molar-refractivity contribution in [3.63, 3.8) is 0 Å². The normalized spacial score (nSPS) is 15.6. The van der Waals surface area contributed by atoms with E-state index in [1.807, 2.05) is 0 Å². The molecule has 0 bridgehead atoms. The molecule has 30 heavy (non-hydrogen) atoms. The average molecular weight is 432 g/mol. The van der Waals surface area contributed by atoms with Crippen LogP contribution in [0.2, 0.25) is 0 Å². The Bertz CT molecular complexity index is 370. The molecule has 0 aromatic carbocycles. The maximum atomic E-state index is 10.8. The van der Waals surface area contributed by atoms with E-state index < -0.39 is 31.0 Å². The number of carbonyl (C=O) groups excluding carboxylic acids is 1. The number of carbonyl (C=O) groups is 1. The van der Waals surface area contributed by atoms with Crippen LogP contribution in [0.1, 0.15) is 110 Å². The fourth-order valence-corrected chi connectivity index (χ4v) is 3.82. The number of hydrogen-bond donors (Lipinski definition) is 5. The lowest BCUT2D eigenvalue weighted by Gasteiger charge is -2.28. The molecular formula is C24H49NO5. The molecule has 180 valence electrons. The van der Waals surface area contributed by atoms with Crippen LogP contribution in [0, 0.1) is 0 Å². The van der Waals surface area contributed by atoms with E-state index in [-0.39, 0.29) is 0 Å². The fraction of sp³-hybridized carbons (Fsp3) is 0.958. The molecule has 0 saturated heterocycles. The lowest BCUT2D eigenvalue weighted by molar-refractivity contribution is -0.120. The van der Waals surface area contributed by atoms with Gasteiger partial charge in [0, 0.05) is 0 Å². The molecule has 0 radical (unpaired) electrons. The molecule has 5 N–H and O–H groups in total. The van der Waals surface area contributed by atoms with Gasteiger partial charge in [0.15, 0.2) is 0 Å². The van der Waals surface area contributed by atoms with Crippen LogP contribution in [0.5, 0.6) is 0 Å². The van der Waals surface area contributed by atoms with Crippen molar-refractivity contribution in [1.29, 1.82) is 0 Å². The van der Waals surface area contributed by atoms with E-state index >= 15 is 0 Å². The number of aliphatic hydroxyl groups is 4. The second-order valence-corrected chi connectivity index (χ2v) is 8.65. The maximum Gasteiger partial charge on any atom is 0.150 e. The molecule has 0 spiro atoms. The van der Waals surface area contributed by atoms with Gasteiger partial charge in [-0.05, 0) is 13.0 Å². The van der Waals surface area contributed by atoms with Crippen LogP contribution in [-0.2, 0) is 4.79 Å². The van der Waals surface area contributed by atoms with Gasteiger partial charge >= 0.3 is 0 Å². The Labute approximate surface area is 184 Å². The van der Waals surface area contributed by atoms with Crippen molar-refractivity contribution in [2.45, 2.75) is 134 Å². The van der Waals surface area contributed by atoms with E-state index in [0.717, 1.165) is 19.3 Å². The Balaban J connectivity index is 3.50. The SMILES string of the molecule is CCCCCCCCCCCCCCCCCCN[C@H]([C@H](O)[C@H](O)CO)[C@@H](O)C=O. The second kappa shape index (κ2) is 21.7. The molecular weight excluding hydrogens is 382 g/mol. The number of nitrogens with one attached hydrogen (secondary N) is 1. The molecule has 4 atom stereocenters. The largest absolute Gasteiger partial charge is 0.394 e. The molecule has 0 aliphatic carbocycles. The van der Waals surface area contributed by atoms with Gasteiger partial charge in [0.25, 0.3) is 0 Å². The molecule has 0 aliphatic heterocycles. The topological polar surface area (TPSA) is 110 Å². The third-order valence-corrected chi connectivity index (χ3v) is 5.87. The minimum atomic E-state index is -1.41. The smallest absolute Gasteiger partial charge is 0.150 e. The van der Waals surface area contributed by atoms with Gasteiger partial charge in [-0.25, -0.2) is 0 Å². The van der Waals surface area contributed by atoms with Crippen molar-refractivity contribution < 1.29 is 25.2 Å². The molecule has 0 aliphatic rings. The van der Waals surface area contributed by atoms with Crippen LogP contribution in [-0.4, -0.2) is 64.2 Å². The van der Waals surface area contributed by atoms with E-state index in [0.29, 0.717) is 12.8 Å². The third-order valence-electron chi connectivity index (χ3n) is 5.87. The zero-order valence-corrected chi connectivity index (χ0v) is 19.3. The van der Waals surface area contributed by atoms with Gasteiger partial charge in [0.1, 0.15) is 24.6 Å². The first-order valence-electron chi connectivity index (χ1n) is 12.4. The van der Waals surface area contributed by atoms with Gasteiger partial charge in [-0.15, -0.1) is 0 Å². The van der Waals surface area contributed by atoms with E-state index in [2.05, 4.69) is 12.2 Å². The van der Waals surface area contributed by atoms with Crippen molar-refractivity contribution in [1.82, 2.24) is 5.32 Å². The van der Waals surface area contributed by atoms with Crippen molar-refractivity contribution in [3.8, 4) is 0 Å². The van der Waals surface area contributed by atoms with Gasteiger partial charge in [-0.2, -0.15) is 0 Å². The predicted octanol–water partition coefficient (Wildman–Crippen LogP) is 3.48. The Morgan fingerprint density at radius 3 is 1.47 bits per heavy atom. The maximum absolute atomic E-state index is 10.8. The number of hydrogen-bond acceptors (Lipinski definition) is 6. The highest BCUT2D eigenvalue weighted by Gasteiger charge is 2.30.